The van der Waals surface area contributed by atoms with Crippen LogP contribution in [0.15, 0.2) is 60.8 Å². The number of rotatable bonds is 9. The molecule has 0 fully saturated rings. The molecule has 4 aromatic rings. The van der Waals surface area contributed by atoms with Gasteiger partial charge in [-0.15, -0.1) is 0 Å². The number of nitrogens with zero attached hydrogens (tertiary/aromatic N) is 2. The first-order valence-corrected chi connectivity index (χ1v) is 10.8. The van der Waals surface area contributed by atoms with E-state index >= 15 is 0 Å². The second-order valence-corrected chi connectivity index (χ2v) is 7.78. The van der Waals surface area contributed by atoms with Crippen molar-refractivity contribution in [2.75, 3.05) is 30.3 Å². The molecule has 33 heavy (non-hydrogen) atoms. The van der Waals surface area contributed by atoms with Crippen LogP contribution in [0.3, 0.4) is 0 Å². The molecule has 0 saturated heterocycles. The highest BCUT2D eigenvalue weighted by molar-refractivity contribution is 5.91. The summed E-state index contributed by atoms with van der Waals surface area (Å²) >= 11 is 0. The van der Waals surface area contributed by atoms with Crippen molar-refractivity contribution in [2.24, 2.45) is 11.5 Å². The summed E-state index contributed by atoms with van der Waals surface area (Å²) in [4.78, 5) is 16.4. The van der Waals surface area contributed by atoms with Crippen LogP contribution in [0.4, 0.5) is 17.2 Å². The number of amides is 1. The first kappa shape index (κ1) is 22.2. The molecule has 2 aromatic carbocycles. The van der Waals surface area contributed by atoms with Crippen LogP contribution in [0, 0.1) is 13.8 Å². The van der Waals surface area contributed by atoms with E-state index in [0.717, 1.165) is 39.5 Å². The molecule has 8 nitrogen and oxygen atoms in total. The number of benzene rings is 2. The minimum atomic E-state index is -0.551. The van der Waals surface area contributed by atoms with Gasteiger partial charge in [0.1, 0.15) is 22.9 Å². The van der Waals surface area contributed by atoms with Gasteiger partial charge in [0.15, 0.2) is 6.61 Å². The van der Waals surface area contributed by atoms with E-state index in [4.69, 9.17) is 21.2 Å². The lowest BCUT2D eigenvalue weighted by Gasteiger charge is -2.18. The van der Waals surface area contributed by atoms with Crippen molar-refractivity contribution in [3.05, 3.63) is 71.9 Å². The number of ether oxygens (including phenoxy) is 1. The number of pyridine rings is 1. The van der Waals surface area contributed by atoms with Gasteiger partial charge in [-0.2, -0.15) is 0 Å². The third-order valence-corrected chi connectivity index (χ3v) is 5.35. The van der Waals surface area contributed by atoms with E-state index < -0.39 is 5.91 Å². The highest BCUT2D eigenvalue weighted by atomic mass is 16.5. The van der Waals surface area contributed by atoms with Crippen LogP contribution in [-0.2, 0) is 4.79 Å². The minimum absolute atomic E-state index is 0.236. The first-order valence-electron chi connectivity index (χ1n) is 10.8. The smallest absolute Gasteiger partial charge is 0.255 e. The Bertz CT molecular complexity index is 1280. The van der Waals surface area contributed by atoms with Crippen molar-refractivity contribution in [3.8, 4) is 17.0 Å². The molecule has 6 N–H and O–H groups in total. The monoisotopic (exact) mass is 444 g/mol. The summed E-state index contributed by atoms with van der Waals surface area (Å²) in [5, 5.41) is 6.96. The molecule has 2 heterocycles. The van der Waals surface area contributed by atoms with E-state index in [1.54, 1.807) is 6.07 Å². The van der Waals surface area contributed by atoms with Crippen LogP contribution in [0.1, 0.15) is 11.1 Å². The normalized spacial score (nSPS) is 10.9. The van der Waals surface area contributed by atoms with E-state index in [2.05, 4.69) is 36.6 Å². The van der Waals surface area contributed by atoms with Crippen molar-refractivity contribution in [3.63, 3.8) is 0 Å². The van der Waals surface area contributed by atoms with Crippen LogP contribution in [-0.4, -0.2) is 35.0 Å². The topological polar surface area (TPSA) is 120 Å². The number of primary amides is 1. The summed E-state index contributed by atoms with van der Waals surface area (Å²) in [6.45, 7) is 4.93. The SMILES string of the molecule is Cc1cccc(C)c1Nc1c(-c2c(NCCN)cccc2OCC(N)=O)nc2ccccn12. The lowest BCUT2D eigenvalue weighted by Crippen LogP contribution is -2.20. The van der Waals surface area contributed by atoms with Crippen molar-refractivity contribution < 1.29 is 9.53 Å². The zero-order chi connectivity index (χ0) is 23.4. The standard InChI is InChI=1S/C25H28N6O2/c1-16-7-5-8-17(2)23(16)30-25-24(29-21-11-3-4-14-31(21)25)22-18(28-13-12-26)9-6-10-19(22)33-15-20(27)32/h3-11,14,28,30H,12-13,15,26H2,1-2H3,(H2,27,32). The molecule has 0 bridgehead atoms. The van der Waals surface area contributed by atoms with Gasteiger partial charge in [0, 0.05) is 30.7 Å². The van der Waals surface area contributed by atoms with Gasteiger partial charge in [-0.1, -0.05) is 30.3 Å². The Morgan fingerprint density at radius 1 is 1.06 bits per heavy atom. The third-order valence-electron chi connectivity index (χ3n) is 5.35. The van der Waals surface area contributed by atoms with Crippen molar-refractivity contribution >= 4 is 28.7 Å². The number of fused-ring (bicyclic) bond motifs is 1. The molecule has 0 atom stereocenters. The molecule has 0 spiro atoms. The van der Waals surface area contributed by atoms with Gasteiger partial charge in [0.05, 0.1) is 5.56 Å². The largest absolute Gasteiger partial charge is 0.483 e. The maximum absolute atomic E-state index is 11.4. The van der Waals surface area contributed by atoms with Gasteiger partial charge in [-0.3, -0.25) is 9.20 Å². The Hall–Kier alpha value is -4.04. The van der Waals surface area contributed by atoms with Gasteiger partial charge in [0.25, 0.3) is 5.91 Å². The molecule has 1 amide bonds. The summed E-state index contributed by atoms with van der Waals surface area (Å²) in [6, 6.07) is 17.6. The summed E-state index contributed by atoms with van der Waals surface area (Å²) in [7, 11) is 0. The van der Waals surface area contributed by atoms with Crippen molar-refractivity contribution in [1.29, 1.82) is 0 Å². The molecule has 4 rings (SSSR count). The fourth-order valence-corrected chi connectivity index (χ4v) is 3.82. The average Bonchev–Trinajstić information content (AvgIpc) is 3.16. The lowest BCUT2D eigenvalue weighted by atomic mass is 10.1. The Labute approximate surface area is 192 Å². The Kier molecular flexibility index (Phi) is 6.46. The number of hydrogen-bond donors (Lipinski definition) is 4. The van der Waals surface area contributed by atoms with E-state index in [9.17, 15) is 4.79 Å². The van der Waals surface area contributed by atoms with Crippen molar-refractivity contribution in [2.45, 2.75) is 13.8 Å². The number of carbonyl (C=O) groups excluding carboxylic acids is 1. The summed E-state index contributed by atoms with van der Waals surface area (Å²) in [6.07, 6.45) is 1.96. The van der Waals surface area contributed by atoms with E-state index in [-0.39, 0.29) is 6.61 Å². The first-order chi connectivity index (χ1) is 16.0. The number of aryl methyl sites for hydroxylation is 2. The Morgan fingerprint density at radius 2 is 1.82 bits per heavy atom. The molecule has 0 radical (unpaired) electrons. The number of aromatic nitrogens is 2. The molecule has 170 valence electrons. The fraction of sp³-hybridized carbons (Fsp3) is 0.200. The molecule has 0 aliphatic heterocycles. The van der Waals surface area contributed by atoms with Crippen LogP contribution in [0.2, 0.25) is 0 Å². The average molecular weight is 445 g/mol. The highest BCUT2D eigenvalue weighted by Gasteiger charge is 2.22. The second-order valence-electron chi connectivity index (χ2n) is 7.78. The Morgan fingerprint density at radius 3 is 2.55 bits per heavy atom. The van der Waals surface area contributed by atoms with Crippen LogP contribution in [0.25, 0.3) is 16.9 Å². The quantitative estimate of drug-likeness (QED) is 0.313. The zero-order valence-electron chi connectivity index (χ0n) is 18.8. The third kappa shape index (κ3) is 4.61. The number of anilines is 3. The molecule has 0 unspecified atom stereocenters. The molecular formula is C25H28N6O2. The van der Waals surface area contributed by atoms with Crippen LogP contribution < -0.4 is 26.8 Å². The second kappa shape index (κ2) is 9.62. The highest BCUT2D eigenvalue weighted by Crippen LogP contribution is 2.42. The van der Waals surface area contributed by atoms with Gasteiger partial charge < -0.3 is 26.8 Å². The number of nitrogens with two attached hydrogens (primary N) is 2. The van der Waals surface area contributed by atoms with Gasteiger partial charge in [0.2, 0.25) is 0 Å². The molecule has 0 aliphatic rings. The summed E-state index contributed by atoms with van der Waals surface area (Å²) < 4.78 is 7.80. The molecule has 2 aromatic heterocycles. The fourth-order valence-electron chi connectivity index (χ4n) is 3.82. The maximum Gasteiger partial charge on any atom is 0.255 e. The van der Waals surface area contributed by atoms with E-state index in [1.807, 2.05) is 47.0 Å². The van der Waals surface area contributed by atoms with E-state index in [1.165, 1.54) is 0 Å². The van der Waals surface area contributed by atoms with E-state index in [0.29, 0.717) is 24.5 Å². The molecule has 8 heteroatoms. The number of imidazole rings is 1. The summed E-state index contributed by atoms with van der Waals surface area (Å²) in [5.74, 6) is 0.739. The number of nitrogens with one attached hydrogen (secondary N) is 2. The van der Waals surface area contributed by atoms with Crippen LogP contribution in [0.5, 0.6) is 5.75 Å². The summed E-state index contributed by atoms with van der Waals surface area (Å²) in [5.41, 5.74) is 17.3. The lowest BCUT2D eigenvalue weighted by molar-refractivity contribution is -0.119. The number of hydrogen-bond acceptors (Lipinski definition) is 6. The van der Waals surface area contributed by atoms with Crippen molar-refractivity contribution in [1.82, 2.24) is 9.38 Å². The number of para-hydroxylation sites is 1. The molecule has 0 aliphatic carbocycles. The Balaban J connectivity index is 1.94. The molecular weight excluding hydrogens is 416 g/mol. The minimum Gasteiger partial charge on any atom is -0.483 e. The maximum atomic E-state index is 11.4. The van der Waals surface area contributed by atoms with Gasteiger partial charge in [-0.25, -0.2) is 4.98 Å². The van der Waals surface area contributed by atoms with Crippen LogP contribution >= 0.6 is 0 Å². The predicted octanol–water partition coefficient (Wildman–Crippen LogP) is 3.60. The predicted molar refractivity (Wildman–Crippen MR) is 132 cm³/mol. The molecule has 0 saturated carbocycles. The van der Waals surface area contributed by atoms with Gasteiger partial charge >= 0.3 is 0 Å². The number of carbonyl (C=O) groups is 1. The zero-order valence-corrected chi connectivity index (χ0v) is 18.8. The van der Waals surface area contributed by atoms with Gasteiger partial charge in [-0.05, 0) is 49.2 Å².